The van der Waals surface area contributed by atoms with E-state index in [4.69, 9.17) is 17.2 Å². The lowest BCUT2D eigenvalue weighted by Gasteiger charge is -2.36. The zero-order valence-electron chi connectivity index (χ0n) is 78.3. The number of aliphatic carboxylic acids is 1. The van der Waals surface area contributed by atoms with Gasteiger partial charge < -0.3 is 125 Å². The number of likely N-dealkylation sites (N-methyl/N-ethyl adjacent to an activating group) is 3. The number of hydrogen-bond acceptors (Lipinski definition) is 24. The summed E-state index contributed by atoms with van der Waals surface area (Å²) in [6.45, 7) is 9.10. The molecule has 3 saturated heterocycles. The highest BCUT2D eigenvalue weighted by molar-refractivity contribution is 8.00. The smallest absolute Gasteiger partial charge is 0.323 e. The van der Waals surface area contributed by atoms with Gasteiger partial charge in [0, 0.05) is 99.9 Å². The van der Waals surface area contributed by atoms with Gasteiger partial charge >= 0.3 is 5.97 Å². The van der Waals surface area contributed by atoms with Gasteiger partial charge in [0.2, 0.25) is 100 Å². The molecule has 3 aliphatic rings. The molecule has 5 aromatic rings. The maximum atomic E-state index is 16.0. The van der Waals surface area contributed by atoms with E-state index in [1.807, 2.05) is 13.8 Å². The second-order valence-electron chi connectivity index (χ2n) is 35.6. The van der Waals surface area contributed by atoms with Crippen molar-refractivity contribution in [3.8, 4) is 11.9 Å². The van der Waals surface area contributed by atoms with Crippen LogP contribution in [0.15, 0.2) is 85.2 Å². The first-order chi connectivity index (χ1) is 64.6. The van der Waals surface area contributed by atoms with Crippen molar-refractivity contribution in [1.29, 1.82) is 5.26 Å². The molecule has 740 valence electrons. The number of carboxylic acids is 1. The fraction of sp³-hybridized carbons (Fsp3) is 0.554. The summed E-state index contributed by atoms with van der Waals surface area (Å²) in [6.07, 6.45) is 2.36. The molecule has 0 radical (unpaired) electrons. The number of carbonyl (C=O) groups excluding carboxylic acids is 17. The maximum Gasteiger partial charge on any atom is 0.323 e. The zero-order chi connectivity index (χ0) is 100. The molecule has 8 rings (SSSR count). The molecule has 44 heteroatoms. The summed E-state index contributed by atoms with van der Waals surface area (Å²) in [4.78, 5) is 271. The van der Waals surface area contributed by atoms with Crippen LogP contribution in [-0.2, 0) is 112 Å². The van der Waals surface area contributed by atoms with Crippen molar-refractivity contribution < 1.29 is 102 Å². The van der Waals surface area contributed by atoms with Crippen LogP contribution in [0.3, 0.4) is 0 Å². The number of amides is 17. The van der Waals surface area contributed by atoms with Gasteiger partial charge in [0.05, 0.1) is 31.4 Å². The third-order valence-corrected chi connectivity index (χ3v) is 25.3. The average molecular weight is 1910 g/mol. The number of nitrogens with two attached hydrogens (primary N) is 3. The number of phenolic OH excluding ortho intramolecular Hbond substituents is 1. The summed E-state index contributed by atoms with van der Waals surface area (Å²) in [5, 5.41) is 71.5. The summed E-state index contributed by atoms with van der Waals surface area (Å²) < 4.78 is 1.44. The van der Waals surface area contributed by atoms with Gasteiger partial charge in [-0.15, -0.1) is 11.8 Å². The van der Waals surface area contributed by atoms with Crippen LogP contribution in [0.4, 0.5) is 0 Å². The Kier molecular flexibility index (Phi) is 40.7. The molecule has 17 amide bonds. The van der Waals surface area contributed by atoms with Gasteiger partial charge in [-0.2, -0.15) is 5.26 Å². The fourth-order valence-corrected chi connectivity index (χ4v) is 17.8. The normalized spacial score (nSPS) is 24.7. The molecule has 0 saturated carbocycles. The lowest BCUT2D eigenvalue weighted by Crippen LogP contribution is -2.62. The van der Waals surface area contributed by atoms with Crippen LogP contribution in [-0.4, -0.2) is 312 Å². The number of nitriles is 1. The minimum absolute atomic E-state index is 0.00276. The summed E-state index contributed by atoms with van der Waals surface area (Å²) in [5.41, 5.74) is 19.7. The number of rotatable bonds is 27. The van der Waals surface area contributed by atoms with E-state index < -0.39 is 254 Å². The van der Waals surface area contributed by atoms with E-state index in [-0.39, 0.29) is 89.0 Å². The molecule has 43 nitrogen and oxygen atoms in total. The Labute approximate surface area is 792 Å². The lowest BCUT2D eigenvalue weighted by atomic mass is 9.99. The number of para-hydroxylation sites is 2. The van der Waals surface area contributed by atoms with E-state index in [1.165, 1.54) is 63.1 Å². The maximum absolute atomic E-state index is 16.0. The predicted molar refractivity (Wildman–Crippen MR) is 499 cm³/mol. The first-order valence-electron chi connectivity index (χ1n) is 45.8. The SMILES string of the molecule is CCCC[C@H]1C(=O)N(C)[C@@H](CCCC)C(=O)N[C@@H](CC(C)C)C(=O)N[C@H](C(=O)NCC(N)=O)CSCC(=O)N[C@@H](Cc2ccc(O)cc2)C(=O)N(C)[C@@H](C)C(=O)N[C@@H](CC(N)=O)C(=O)N2CCC[C@H]2C(=O)N[C@@H](CNC#N)C(=O)N[C@@H](CC(C)C)C(=O)N2C[C@H](O)C[C@H]2C(=O)N[C@@H](Cc2c[nH]c3ccccc23)C(=O)N[C@@H](CCN)C(=O)N[C@@H](Cc2cn(CC(=O)O)c3ccccc23)C(=O)N1C. The van der Waals surface area contributed by atoms with Crippen LogP contribution in [0, 0.1) is 23.3 Å². The number of fused-ring (bicyclic) bond motifs is 4. The summed E-state index contributed by atoms with van der Waals surface area (Å²) in [6, 6.07) is -2.59. The van der Waals surface area contributed by atoms with Crippen molar-refractivity contribution in [3.05, 3.63) is 102 Å². The van der Waals surface area contributed by atoms with E-state index >= 15 is 33.6 Å². The predicted octanol–water partition coefficient (Wildman–Crippen LogP) is -2.13. The minimum atomic E-state index is -1.80. The number of hydrogen-bond donors (Lipinski definition) is 18. The van der Waals surface area contributed by atoms with Crippen molar-refractivity contribution in [2.24, 2.45) is 29.0 Å². The molecule has 0 bridgehead atoms. The Morgan fingerprint density at radius 3 is 1.77 bits per heavy atom. The summed E-state index contributed by atoms with van der Waals surface area (Å²) in [5.74, 6) is -19.2. The van der Waals surface area contributed by atoms with Crippen molar-refractivity contribution >= 4 is 140 Å². The van der Waals surface area contributed by atoms with Crippen molar-refractivity contribution in [2.45, 2.75) is 248 Å². The van der Waals surface area contributed by atoms with Gasteiger partial charge in [0.1, 0.15) is 96.9 Å². The number of nitrogens with one attached hydrogen (secondary N) is 12. The van der Waals surface area contributed by atoms with E-state index in [0.29, 0.717) is 64.2 Å². The van der Waals surface area contributed by atoms with Crippen molar-refractivity contribution in [3.63, 3.8) is 0 Å². The molecule has 2 aromatic heterocycles. The van der Waals surface area contributed by atoms with Gasteiger partial charge in [0.25, 0.3) is 0 Å². The van der Waals surface area contributed by atoms with Crippen LogP contribution in [0.25, 0.3) is 21.8 Å². The molecule has 0 unspecified atom stereocenters. The Bertz CT molecular complexity index is 5180. The summed E-state index contributed by atoms with van der Waals surface area (Å²) in [7, 11) is 3.90. The molecule has 3 aromatic carbocycles. The van der Waals surface area contributed by atoms with Gasteiger partial charge in [-0.25, -0.2) is 0 Å². The number of aromatic hydroxyl groups is 1. The number of thioether (sulfide) groups is 1. The molecule has 15 atom stereocenters. The fourth-order valence-electron chi connectivity index (χ4n) is 16.9. The van der Waals surface area contributed by atoms with E-state index in [9.17, 15) is 73.3 Å². The van der Waals surface area contributed by atoms with Crippen molar-refractivity contribution in [2.75, 3.05) is 65.4 Å². The highest BCUT2D eigenvalue weighted by atomic mass is 32.2. The van der Waals surface area contributed by atoms with Crippen LogP contribution >= 0.6 is 11.8 Å². The quantitative estimate of drug-likeness (QED) is 0.0197. The van der Waals surface area contributed by atoms with Gasteiger partial charge in [-0.05, 0) is 111 Å². The van der Waals surface area contributed by atoms with Crippen LogP contribution < -0.4 is 75.7 Å². The Balaban J connectivity index is 1.22. The van der Waals surface area contributed by atoms with E-state index in [2.05, 4.69) is 63.5 Å². The number of benzene rings is 3. The second kappa shape index (κ2) is 51.3. The first kappa shape index (κ1) is 108. The van der Waals surface area contributed by atoms with E-state index in [0.717, 1.165) is 36.3 Å². The molecule has 136 heavy (non-hydrogen) atoms. The Hall–Kier alpha value is -13.4. The second-order valence-corrected chi connectivity index (χ2v) is 36.6. The number of primary amides is 2. The van der Waals surface area contributed by atoms with Gasteiger partial charge in [-0.3, -0.25) is 86.3 Å². The number of aliphatic hydroxyl groups excluding tert-OH is 1. The number of unbranched alkanes of at least 4 members (excludes halogenated alkanes) is 2. The van der Waals surface area contributed by atoms with Crippen LogP contribution in [0.1, 0.15) is 149 Å². The van der Waals surface area contributed by atoms with E-state index in [1.54, 1.807) is 88.6 Å². The Morgan fingerprint density at radius 1 is 0.574 bits per heavy atom. The number of H-pyrrole nitrogens is 1. The molecule has 5 heterocycles. The first-order valence-corrected chi connectivity index (χ1v) is 46.9. The molecular formula is C92H130N22O21S. The lowest BCUT2D eigenvalue weighted by molar-refractivity contribution is -0.149. The topological polar surface area (TPSA) is 639 Å². The number of nitrogens with zero attached hydrogens (tertiary/aromatic N) is 7. The van der Waals surface area contributed by atoms with Gasteiger partial charge in [0.15, 0.2) is 6.19 Å². The average Bonchev–Trinajstić information content (AvgIpc) is 1.60. The number of carboxylic acid groups (broad SMARTS) is 1. The van der Waals surface area contributed by atoms with Gasteiger partial charge in [-0.1, -0.05) is 116 Å². The number of aliphatic hydroxyl groups is 1. The third kappa shape index (κ3) is 30.0. The molecule has 3 fully saturated rings. The van der Waals surface area contributed by atoms with Crippen molar-refractivity contribution in [1.82, 2.24) is 92.5 Å². The molecular weight excluding hydrogens is 1780 g/mol. The van der Waals surface area contributed by atoms with Crippen LogP contribution in [0.2, 0.25) is 0 Å². The number of carbonyl (C=O) groups is 18. The standard InChI is InChI=1S/C92H130N22O21S/c1-11-13-23-71-85(128)102-62(34-50(3)4)82(125)108-69(80(123)99-43-76(96)118)47-136-48-77(119)100-65(36-53-27-29-56(115)30-28-53)88(131)109(8)52(7)79(122)104-67(40-75(95)117)90(133)113-33-19-26-72(113)86(129)107-68(42-97-49-94)84(127)105-64(35-51(5)6)91(134)114-45-57(116)39-74(114)87(130)103-63(37-54-41-98-60-22-17-15-20-58(54)60)83(126)101-61(31-32-93)81(124)106-66(89(132)111(10)73(24-14-12-2)92(135)110(71)9)38-55-44-112(46-78(120)121)70-25-18-16-21-59(55)70/h15-18,20-22,25,27-30,41,44,50-52,57,61-69,71-74,97-98,115-116H,11-14,19,23-24,26,31-40,42-43,45-48,93H2,1-10H3,(H2,95,117)(H2,96,118)(H,99,123)(H,100,119)(H,101,126)(H,102,128)(H,103,130)(H,104,122)(H,105,127)(H,106,124)(H,107,129)(H,108,125)(H,120,121)/t52-,57+,61-,62-,63-,64-,65-,66-,67-,68-,69-,71-,72-,73-,74-/m0/s1. The highest BCUT2D eigenvalue weighted by Gasteiger charge is 2.47. The molecule has 0 aliphatic carbocycles. The number of aromatic nitrogens is 2. The zero-order valence-corrected chi connectivity index (χ0v) is 79.1. The monoisotopic (exact) mass is 1910 g/mol. The molecule has 0 spiro atoms. The Morgan fingerprint density at radius 2 is 1.12 bits per heavy atom. The summed E-state index contributed by atoms with van der Waals surface area (Å²) >= 11 is 0.778. The number of aromatic amines is 1. The largest absolute Gasteiger partial charge is 0.508 e. The van der Waals surface area contributed by atoms with Crippen LogP contribution in [0.5, 0.6) is 5.75 Å². The minimum Gasteiger partial charge on any atom is -0.508 e. The third-order valence-electron chi connectivity index (χ3n) is 24.2. The molecule has 21 N–H and O–H groups in total. The highest BCUT2D eigenvalue weighted by Crippen LogP contribution is 2.29. The molecule has 3 aliphatic heterocycles. The number of phenols is 1.